The molecule has 0 fully saturated rings. The van der Waals surface area contributed by atoms with Gasteiger partial charge in [-0.1, -0.05) is 48.2 Å². The molecule has 1 aliphatic rings. The minimum absolute atomic E-state index is 0.193. The molecule has 2 aromatic carbocycles. The van der Waals surface area contributed by atoms with Crippen molar-refractivity contribution in [2.45, 2.75) is 12.6 Å². The van der Waals surface area contributed by atoms with Crippen molar-refractivity contribution in [1.29, 1.82) is 0 Å². The number of fused-ring (bicyclic) bond motifs is 1. The van der Waals surface area contributed by atoms with Gasteiger partial charge in [0.25, 0.3) is 11.8 Å². The Balaban J connectivity index is 1.42. The molecule has 10 heteroatoms. The second-order valence-electron chi connectivity index (χ2n) is 8.05. The van der Waals surface area contributed by atoms with Gasteiger partial charge in [0.15, 0.2) is 16.6 Å². The summed E-state index contributed by atoms with van der Waals surface area (Å²) in [5.41, 5.74) is 1.84. The molecular weight excluding hydrogens is 495 g/mol. The van der Waals surface area contributed by atoms with Crippen LogP contribution >= 0.6 is 11.3 Å². The number of pyridine rings is 1. The summed E-state index contributed by atoms with van der Waals surface area (Å²) in [7, 11) is 0. The number of carboxylic acids is 1. The number of carbonyl (C=O) groups is 3. The largest absolute Gasteiger partial charge is 0.476 e. The maximum absolute atomic E-state index is 13.9. The highest BCUT2D eigenvalue weighted by atomic mass is 32.1. The fraction of sp³-hybridized carbons (Fsp3) is 0.0741. The lowest BCUT2D eigenvalue weighted by molar-refractivity contribution is -0.120. The molecule has 0 saturated carbocycles. The van der Waals surface area contributed by atoms with Crippen LogP contribution in [0.3, 0.4) is 0 Å². The van der Waals surface area contributed by atoms with Crippen LogP contribution in [0.1, 0.15) is 49.1 Å². The minimum Gasteiger partial charge on any atom is -0.476 e. The van der Waals surface area contributed by atoms with Gasteiger partial charge in [-0.25, -0.2) is 19.2 Å². The molecule has 1 unspecified atom stereocenters. The number of amides is 2. The molecule has 1 aliphatic heterocycles. The van der Waals surface area contributed by atoms with Crippen molar-refractivity contribution in [2.75, 3.05) is 5.32 Å². The number of hydrogen-bond acceptors (Lipinski definition) is 6. The van der Waals surface area contributed by atoms with Crippen molar-refractivity contribution in [3.8, 4) is 11.8 Å². The molecule has 0 bridgehead atoms. The Morgan fingerprint density at radius 3 is 2.57 bits per heavy atom. The molecule has 2 N–H and O–H groups in total. The van der Waals surface area contributed by atoms with Crippen LogP contribution in [0.25, 0.3) is 0 Å². The SMILES string of the molecule is O=C(O)c1ncc(C#Cc2ccc3c(c2)C(=O)N(C(C(=O)Nc2nccs2)c2ccccc2)C3)cc1F. The van der Waals surface area contributed by atoms with Crippen molar-refractivity contribution in [3.63, 3.8) is 0 Å². The first-order valence-electron chi connectivity index (χ1n) is 11.0. The van der Waals surface area contributed by atoms with Gasteiger partial charge in [-0.3, -0.25) is 14.9 Å². The molecule has 0 saturated heterocycles. The van der Waals surface area contributed by atoms with Crippen LogP contribution in [0.2, 0.25) is 0 Å². The zero-order valence-corrected chi connectivity index (χ0v) is 19.8. The van der Waals surface area contributed by atoms with E-state index in [1.54, 1.807) is 54.0 Å². The number of nitrogens with zero attached hydrogens (tertiary/aromatic N) is 3. The van der Waals surface area contributed by atoms with Crippen molar-refractivity contribution < 1.29 is 23.9 Å². The lowest BCUT2D eigenvalue weighted by Crippen LogP contribution is -2.37. The van der Waals surface area contributed by atoms with Crippen LogP contribution in [-0.2, 0) is 11.3 Å². The third kappa shape index (κ3) is 4.94. The number of anilines is 1. The lowest BCUT2D eigenvalue weighted by atomic mass is 10.0. The van der Waals surface area contributed by atoms with Crippen molar-refractivity contribution in [2.24, 2.45) is 0 Å². The second kappa shape index (κ2) is 10.0. The summed E-state index contributed by atoms with van der Waals surface area (Å²) in [5, 5.41) is 13.9. The quantitative estimate of drug-likeness (QED) is 0.389. The number of carbonyl (C=O) groups excluding carboxylic acids is 2. The van der Waals surface area contributed by atoms with E-state index in [9.17, 15) is 18.8 Å². The zero-order valence-electron chi connectivity index (χ0n) is 19.0. The van der Waals surface area contributed by atoms with Gasteiger partial charge in [0.05, 0.1) is 0 Å². The van der Waals surface area contributed by atoms with Crippen molar-refractivity contribution in [3.05, 3.63) is 112 Å². The Morgan fingerprint density at radius 2 is 1.86 bits per heavy atom. The molecule has 0 radical (unpaired) electrons. The smallest absolute Gasteiger partial charge is 0.357 e. The monoisotopic (exact) mass is 512 g/mol. The van der Waals surface area contributed by atoms with Crippen molar-refractivity contribution >= 4 is 34.3 Å². The van der Waals surface area contributed by atoms with Gasteiger partial charge in [0.2, 0.25) is 0 Å². The molecule has 2 aromatic heterocycles. The highest BCUT2D eigenvalue weighted by Crippen LogP contribution is 2.33. The third-order valence-electron chi connectivity index (χ3n) is 5.67. The predicted molar refractivity (Wildman–Crippen MR) is 133 cm³/mol. The number of aromatic nitrogens is 2. The molecule has 5 rings (SSSR count). The van der Waals surface area contributed by atoms with Gasteiger partial charge < -0.3 is 10.0 Å². The van der Waals surface area contributed by atoms with E-state index in [2.05, 4.69) is 27.1 Å². The molecule has 0 aliphatic carbocycles. The van der Waals surface area contributed by atoms with Gasteiger partial charge in [-0.2, -0.15) is 0 Å². The van der Waals surface area contributed by atoms with Gasteiger partial charge in [-0.05, 0) is 29.3 Å². The summed E-state index contributed by atoms with van der Waals surface area (Å²) < 4.78 is 13.9. The fourth-order valence-electron chi connectivity index (χ4n) is 3.98. The topological polar surface area (TPSA) is 112 Å². The summed E-state index contributed by atoms with van der Waals surface area (Å²) in [6.07, 6.45) is 2.76. The van der Waals surface area contributed by atoms with Crippen LogP contribution in [-0.4, -0.2) is 37.8 Å². The van der Waals surface area contributed by atoms with E-state index in [1.807, 2.05) is 6.07 Å². The minimum atomic E-state index is -1.46. The molecule has 182 valence electrons. The van der Waals surface area contributed by atoms with E-state index in [1.165, 1.54) is 22.4 Å². The molecule has 8 nitrogen and oxygen atoms in total. The summed E-state index contributed by atoms with van der Waals surface area (Å²) in [6.45, 7) is 0.235. The number of thiazole rings is 1. The predicted octanol–water partition coefficient (Wildman–Crippen LogP) is 4.11. The summed E-state index contributed by atoms with van der Waals surface area (Å²) in [4.78, 5) is 46.9. The van der Waals surface area contributed by atoms with Crippen LogP contribution in [0.4, 0.5) is 9.52 Å². The van der Waals surface area contributed by atoms with Crippen LogP contribution in [0, 0.1) is 17.7 Å². The van der Waals surface area contributed by atoms with Gasteiger partial charge in [0, 0.05) is 41.0 Å². The number of hydrogen-bond donors (Lipinski definition) is 2. The van der Waals surface area contributed by atoms with Crippen LogP contribution < -0.4 is 5.32 Å². The van der Waals surface area contributed by atoms with Crippen LogP contribution in [0.5, 0.6) is 0 Å². The van der Waals surface area contributed by atoms with Gasteiger partial charge in [-0.15, -0.1) is 11.3 Å². The average Bonchev–Trinajstić information content (AvgIpc) is 3.51. The molecular formula is C27H17FN4O4S. The number of carboxylic acid groups (broad SMARTS) is 1. The number of halogens is 1. The second-order valence-corrected chi connectivity index (χ2v) is 8.95. The standard InChI is InChI=1S/C27H17FN4O4S/c28-21-13-17(14-30-22(21)26(35)36)7-6-16-8-9-19-15-32(25(34)20(19)12-16)23(18-4-2-1-3-5-18)24(33)31-27-29-10-11-37-27/h1-5,8-14,23H,15H2,(H,35,36)(H,29,31,33). The average molecular weight is 513 g/mol. The van der Waals surface area contributed by atoms with E-state index >= 15 is 0 Å². The summed E-state index contributed by atoms with van der Waals surface area (Å²) in [5.74, 6) is 2.45. The maximum Gasteiger partial charge on any atom is 0.357 e. The number of benzene rings is 2. The molecule has 37 heavy (non-hydrogen) atoms. The van der Waals surface area contributed by atoms with Gasteiger partial charge in [0.1, 0.15) is 6.04 Å². The van der Waals surface area contributed by atoms with E-state index in [4.69, 9.17) is 5.11 Å². The highest BCUT2D eigenvalue weighted by molar-refractivity contribution is 7.13. The zero-order chi connectivity index (χ0) is 25.9. The maximum atomic E-state index is 13.9. The van der Waals surface area contributed by atoms with E-state index in [0.717, 1.165) is 11.6 Å². The van der Waals surface area contributed by atoms with E-state index in [-0.39, 0.29) is 23.9 Å². The molecule has 2 amide bonds. The van der Waals surface area contributed by atoms with Gasteiger partial charge >= 0.3 is 5.97 Å². The summed E-state index contributed by atoms with van der Waals surface area (Å²) in [6, 6.07) is 14.3. The number of aromatic carboxylic acids is 1. The Hall–Kier alpha value is -4.88. The Bertz CT molecular complexity index is 1580. The Morgan fingerprint density at radius 1 is 1.08 bits per heavy atom. The molecule has 0 spiro atoms. The normalized spacial score (nSPS) is 12.9. The summed E-state index contributed by atoms with van der Waals surface area (Å²) >= 11 is 1.28. The fourth-order valence-corrected chi connectivity index (χ4v) is 4.52. The molecule has 3 heterocycles. The van der Waals surface area contributed by atoms with E-state index in [0.29, 0.717) is 21.8 Å². The Kier molecular flexibility index (Phi) is 6.45. The van der Waals surface area contributed by atoms with Crippen molar-refractivity contribution in [1.82, 2.24) is 14.9 Å². The van der Waals surface area contributed by atoms with E-state index < -0.39 is 23.5 Å². The number of rotatable bonds is 5. The molecule has 4 aromatic rings. The molecule has 1 atom stereocenters. The van der Waals surface area contributed by atoms with Crippen LogP contribution in [0.15, 0.2) is 72.4 Å². The highest BCUT2D eigenvalue weighted by Gasteiger charge is 2.37. The third-order valence-corrected chi connectivity index (χ3v) is 6.36. The lowest BCUT2D eigenvalue weighted by Gasteiger charge is -2.27. The first kappa shape index (κ1) is 23.8. The number of nitrogens with one attached hydrogen (secondary N) is 1. The Labute approximate surface area is 214 Å². The first-order chi connectivity index (χ1) is 17.9. The first-order valence-corrected chi connectivity index (χ1v) is 11.9.